The van der Waals surface area contributed by atoms with Gasteiger partial charge in [-0.05, 0) is 12.1 Å². The van der Waals surface area contributed by atoms with E-state index >= 15 is 0 Å². The van der Waals surface area contributed by atoms with E-state index < -0.39 is 0 Å². The first-order valence-corrected chi connectivity index (χ1v) is 5.29. The number of ether oxygens (including phenoxy) is 1. The third-order valence-electron chi connectivity index (χ3n) is 2.27. The van der Waals surface area contributed by atoms with Crippen LogP contribution in [0.15, 0.2) is 18.2 Å². The Labute approximate surface area is 93.2 Å². The summed E-state index contributed by atoms with van der Waals surface area (Å²) in [4.78, 5) is 0. The molecule has 1 aromatic rings. The van der Waals surface area contributed by atoms with Gasteiger partial charge in [-0.1, -0.05) is 29.3 Å². The smallest absolute Gasteiger partial charge is 0.0663 e. The van der Waals surface area contributed by atoms with Crippen LogP contribution in [0.2, 0.25) is 10.0 Å². The molecule has 1 N–H and O–H groups in total. The molecule has 0 aliphatic carbocycles. The van der Waals surface area contributed by atoms with Crippen LogP contribution < -0.4 is 5.32 Å². The summed E-state index contributed by atoms with van der Waals surface area (Å²) in [5.41, 5.74) is 0.940. The number of benzene rings is 1. The molecule has 0 spiro atoms. The van der Waals surface area contributed by atoms with Crippen molar-refractivity contribution in [3.63, 3.8) is 0 Å². The fourth-order valence-corrected chi connectivity index (χ4v) is 2.26. The summed E-state index contributed by atoms with van der Waals surface area (Å²) in [5, 5.41) is 4.71. The normalized spacial score (nSPS) is 22.3. The summed E-state index contributed by atoms with van der Waals surface area (Å²) in [6.45, 7) is 2.22. The van der Waals surface area contributed by atoms with Crippen LogP contribution in [-0.4, -0.2) is 19.8 Å². The molecule has 0 aromatic heterocycles. The van der Waals surface area contributed by atoms with E-state index in [9.17, 15) is 0 Å². The number of hydrogen-bond donors (Lipinski definition) is 1. The Balaban J connectivity index is 2.29. The van der Waals surface area contributed by atoms with Crippen LogP contribution in [0, 0.1) is 0 Å². The van der Waals surface area contributed by atoms with Crippen molar-refractivity contribution in [2.75, 3.05) is 19.8 Å². The lowest BCUT2D eigenvalue weighted by atomic mass is 10.1. The van der Waals surface area contributed by atoms with Gasteiger partial charge in [0.15, 0.2) is 0 Å². The van der Waals surface area contributed by atoms with E-state index in [0.29, 0.717) is 16.7 Å². The standard InChI is InChI=1S/C10H11Cl2NO/c11-7-2-1-3-8(12)10(7)9-6-14-5-4-13-9/h1-3,9,13H,4-6H2/t9-/m0/s1. The zero-order valence-electron chi connectivity index (χ0n) is 7.59. The summed E-state index contributed by atoms with van der Waals surface area (Å²) < 4.78 is 5.37. The van der Waals surface area contributed by atoms with Gasteiger partial charge in [0.2, 0.25) is 0 Å². The monoisotopic (exact) mass is 231 g/mol. The molecule has 1 aliphatic heterocycles. The second kappa shape index (κ2) is 4.49. The van der Waals surface area contributed by atoms with Gasteiger partial charge in [0, 0.05) is 22.2 Å². The molecule has 4 heteroatoms. The second-order valence-electron chi connectivity index (χ2n) is 3.22. The highest BCUT2D eigenvalue weighted by Crippen LogP contribution is 2.30. The van der Waals surface area contributed by atoms with Gasteiger partial charge in [-0.25, -0.2) is 0 Å². The maximum atomic E-state index is 6.08. The van der Waals surface area contributed by atoms with Gasteiger partial charge in [0.25, 0.3) is 0 Å². The summed E-state index contributed by atoms with van der Waals surface area (Å²) in [5.74, 6) is 0. The number of nitrogens with one attached hydrogen (secondary N) is 1. The van der Waals surface area contributed by atoms with Crippen molar-refractivity contribution in [3.8, 4) is 0 Å². The van der Waals surface area contributed by atoms with Crippen molar-refractivity contribution in [2.24, 2.45) is 0 Å². The highest BCUT2D eigenvalue weighted by atomic mass is 35.5. The lowest BCUT2D eigenvalue weighted by Gasteiger charge is -2.25. The van der Waals surface area contributed by atoms with Gasteiger partial charge in [-0.15, -0.1) is 0 Å². The minimum atomic E-state index is 0.116. The SMILES string of the molecule is Clc1cccc(Cl)c1[C@@H]1COCCN1. The van der Waals surface area contributed by atoms with Gasteiger partial charge in [0.05, 0.1) is 19.3 Å². The van der Waals surface area contributed by atoms with Crippen LogP contribution >= 0.6 is 23.2 Å². The molecular weight excluding hydrogens is 221 g/mol. The van der Waals surface area contributed by atoms with E-state index in [4.69, 9.17) is 27.9 Å². The van der Waals surface area contributed by atoms with Crippen molar-refractivity contribution in [2.45, 2.75) is 6.04 Å². The lowest BCUT2D eigenvalue weighted by molar-refractivity contribution is 0.0769. The minimum Gasteiger partial charge on any atom is -0.378 e. The Bertz CT molecular complexity index is 304. The average molecular weight is 232 g/mol. The Morgan fingerprint density at radius 2 is 2.00 bits per heavy atom. The first-order chi connectivity index (χ1) is 6.79. The molecule has 0 radical (unpaired) electrons. The summed E-state index contributed by atoms with van der Waals surface area (Å²) in [6, 6.07) is 5.65. The maximum absolute atomic E-state index is 6.08. The molecule has 0 bridgehead atoms. The summed E-state index contributed by atoms with van der Waals surface area (Å²) in [7, 11) is 0. The molecule has 1 fully saturated rings. The third-order valence-corrected chi connectivity index (χ3v) is 2.93. The van der Waals surface area contributed by atoms with Crippen molar-refractivity contribution >= 4 is 23.2 Å². The van der Waals surface area contributed by atoms with Crippen LogP contribution in [0.4, 0.5) is 0 Å². The van der Waals surface area contributed by atoms with Crippen LogP contribution in [0.25, 0.3) is 0 Å². The number of rotatable bonds is 1. The largest absolute Gasteiger partial charge is 0.378 e. The van der Waals surface area contributed by atoms with Crippen molar-refractivity contribution in [1.82, 2.24) is 5.32 Å². The van der Waals surface area contributed by atoms with Crippen molar-refractivity contribution < 1.29 is 4.74 Å². The maximum Gasteiger partial charge on any atom is 0.0663 e. The number of morpholine rings is 1. The zero-order chi connectivity index (χ0) is 9.97. The second-order valence-corrected chi connectivity index (χ2v) is 4.03. The molecule has 1 heterocycles. The molecule has 1 aliphatic rings. The van der Waals surface area contributed by atoms with Crippen molar-refractivity contribution in [1.29, 1.82) is 0 Å². The van der Waals surface area contributed by atoms with Crippen LogP contribution in [0.1, 0.15) is 11.6 Å². The minimum absolute atomic E-state index is 0.116. The van der Waals surface area contributed by atoms with Crippen LogP contribution in [0.3, 0.4) is 0 Å². The van der Waals surface area contributed by atoms with E-state index in [0.717, 1.165) is 18.7 Å². The fraction of sp³-hybridized carbons (Fsp3) is 0.400. The highest BCUT2D eigenvalue weighted by molar-refractivity contribution is 6.36. The quantitative estimate of drug-likeness (QED) is 0.803. The predicted octanol–water partition coefficient (Wildman–Crippen LogP) is 2.65. The third kappa shape index (κ3) is 2.04. The molecule has 2 rings (SSSR count). The molecule has 1 saturated heterocycles. The molecule has 1 aromatic carbocycles. The average Bonchev–Trinajstić information content (AvgIpc) is 2.19. The first kappa shape index (κ1) is 10.2. The molecule has 76 valence electrons. The fourth-order valence-electron chi connectivity index (χ4n) is 1.59. The van der Waals surface area contributed by atoms with Crippen LogP contribution in [-0.2, 0) is 4.74 Å². The van der Waals surface area contributed by atoms with E-state index in [1.54, 1.807) is 0 Å². The van der Waals surface area contributed by atoms with E-state index in [2.05, 4.69) is 5.32 Å². The zero-order valence-corrected chi connectivity index (χ0v) is 9.11. The first-order valence-electron chi connectivity index (χ1n) is 4.54. The van der Waals surface area contributed by atoms with Gasteiger partial charge in [-0.3, -0.25) is 0 Å². The van der Waals surface area contributed by atoms with E-state index in [1.807, 2.05) is 18.2 Å². The van der Waals surface area contributed by atoms with Gasteiger partial charge < -0.3 is 10.1 Å². The Morgan fingerprint density at radius 3 is 2.57 bits per heavy atom. The molecule has 2 nitrogen and oxygen atoms in total. The molecule has 0 saturated carbocycles. The molecule has 0 amide bonds. The Kier molecular flexibility index (Phi) is 3.29. The van der Waals surface area contributed by atoms with Crippen LogP contribution in [0.5, 0.6) is 0 Å². The molecule has 14 heavy (non-hydrogen) atoms. The number of hydrogen-bond acceptors (Lipinski definition) is 2. The topological polar surface area (TPSA) is 21.3 Å². The van der Waals surface area contributed by atoms with Gasteiger partial charge in [-0.2, -0.15) is 0 Å². The van der Waals surface area contributed by atoms with E-state index in [-0.39, 0.29) is 6.04 Å². The highest BCUT2D eigenvalue weighted by Gasteiger charge is 2.20. The molecule has 0 unspecified atom stereocenters. The lowest BCUT2D eigenvalue weighted by Crippen LogP contribution is -2.34. The summed E-state index contributed by atoms with van der Waals surface area (Å²) in [6.07, 6.45) is 0. The van der Waals surface area contributed by atoms with Crippen molar-refractivity contribution in [3.05, 3.63) is 33.8 Å². The molecule has 1 atom stereocenters. The van der Waals surface area contributed by atoms with Gasteiger partial charge >= 0.3 is 0 Å². The Hall–Kier alpha value is -0.280. The summed E-state index contributed by atoms with van der Waals surface area (Å²) >= 11 is 12.2. The Morgan fingerprint density at radius 1 is 1.29 bits per heavy atom. The predicted molar refractivity (Wildman–Crippen MR) is 58.0 cm³/mol. The van der Waals surface area contributed by atoms with E-state index in [1.165, 1.54) is 0 Å². The molecular formula is C10H11Cl2NO. The number of halogens is 2. The van der Waals surface area contributed by atoms with Gasteiger partial charge in [0.1, 0.15) is 0 Å².